The van der Waals surface area contributed by atoms with Crippen LogP contribution in [0.5, 0.6) is 0 Å². The van der Waals surface area contributed by atoms with Crippen LogP contribution in [-0.4, -0.2) is 25.6 Å². The van der Waals surface area contributed by atoms with Gasteiger partial charge in [-0.05, 0) is 31.2 Å². The monoisotopic (exact) mass is 308 g/mol. The normalized spacial score (nSPS) is 10.5. The van der Waals surface area contributed by atoms with Gasteiger partial charge >= 0.3 is 5.97 Å². The van der Waals surface area contributed by atoms with Gasteiger partial charge in [-0.25, -0.2) is 14.8 Å². The van der Waals surface area contributed by atoms with E-state index in [9.17, 15) is 9.90 Å². The van der Waals surface area contributed by atoms with E-state index in [-0.39, 0.29) is 5.56 Å². The summed E-state index contributed by atoms with van der Waals surface area (Å²) in [5, 5.41) is 12.5. The van der Waals surface area contributed by atoms with Crippen LogP contribution >= 0.6 is 0 Å². The highest BCUT2D eigenvalue weighted by Crippen LogP contribution is 2.15. The van der Waals surface area contributed by atoms with E-state index in [0.29, 0.717) is 12.2 Å². The molecule has 0 amide bonds. The molecule has 0 saturated carbocycles. The number of nitrogens with zero attached hydrogens (tertiary/aromatic N) is 3. The lowest BCUT2D eigenvalue weighted by Crippen LogP contribution is -2.04. The van der Waals surface area contributed by atoms with Gasteiger partial charge in [-0.15, -0.1) is 0 Å². The summed E-state index contributed by atoms with van der Waals surface area (Å²) in [6.07, 6.45) is 3.42. The zero-order chi connectivity index (χ0) is 16.2. The second kappa shape index (κ2) is 6.31. The summed E-state index contributed by atoms with van der Waals surface area (Å²) >= 11 is 0. The zero-order valence-electron chi connectivity index (χ0n) is 12.6. The van der Waals surface area contributed by atoms with Gasteiger partial charge in [0.25, 0.3) is 0 Å². The van der Waals surface area contributed by atoms with E-state index in [1.54, 1.807) is 35.2 Å². The van der Waals surface area contributed by atoms with E-state index in [1.165, 1.54) is 0 Å². The van der Waals surface area contributed by atoms with E-state index >= 15 is 0 Å². The molecule has 0 aliphatic rings. The minimum Gasteiger partial charge on any atom is -0.478 e. The van der Waals surface area contributed by atoms with Gasteiger partial charge in [0.05, 0.1) is 29.8 Å². The third-order valence-electron chi connectivity index (χ3n) is 3.39. The highest BCUT2D eigenvalue weighted by atomic mass is 16.4. The number of aromatic carboxylic acids is 1. The number of pyridine rings is 1. The number of nitrogens with one attached hydrogen (secondary N) is 1. The quantitative estimate of drug-likeness (QED) is 0.757. The van der Waals surface area contributed by atoms with E-state index in [4.69, 9.17) is 0 Å². The van der Waals surface area contributed by atoms with E-state index in [0.717, 1.165) is 17.2 Å². The third-order valence-corrected chi connectivity index (χ3v) is 3.39. The Bertz CT molecular complexity index is 842. The summed E-state index contributed by atoms with van der Waals surface area (Å²) in [5.41, 5.74) is 2.57. The zero-order valence-corrected chi connectivity index (χ0v) is 12.6. The van der Waals surface area contributed by atoms with Crippen molar-refractivity contribution in [2.24, 2.45) is 0 Å². The van der Waals surface area contributed by atoms with Crippen LogP contribution in [0.25, 0.3) is 5.69 Å². The SMILES string of the molecule is Cc1cccc(NCc2cn(-c3ccccc3C(=O)O)cn2)n1. The molecule has 1 aromatic carbocycles. The Balaban J connectivity index is 1.77. The largest absolute Gasteiger partial charge is 0.478 e. The average molecular weight is 308 g/mol. The molecule has 2 N–H and O–H groups in total. The lowest BCUT2D eigenvalue weighted by molar-refractivity contribution is 0.0697. The molecular formula is C17H16N4O2. The fraction of sp³-hybridized carbons (Fsp3) is 0.118. The molecule has 2 heterocycles. The number of imidazole rings is 1. The summed E-state index contributed by atoms with van der Waals surface area (Å²) in [5.74, 6) is -0.177. The summed E-state index contributed by atoms with van der Waals surface area (Å²) in [4.78, 5) is 20.0. The van der Waals surface area contributed by atoms with Crippen molar-refractivity contribution < 1.29 is 9.90 Å². The number of aryl methyl sites for hydroxylation is 1. The van der Waals surface area contributed by atoms with Crippen molar-refractivity contribution in [3.63, 3.8) is 0 Å². The van der Waals surface area contributed by atoms with Crippen molar-refractivity contribution in [3.05, 3.63) is 71.9 Å². The van der Waals surface area contributed by atoms with E-state index in [1.807, 2.05) is 31.3 Å². The number of carboxylic acids is 1. The van der Waals surface area contributed by atoms with Crippen LogP contribution in [0.3, 0.4) is 0 Å². The lowest BCUT2D eigenvalue weighted by Gasteiger charge is -2.06. The number of carboxylic acid groups (broad SMARTS) is 1. The van der Waals surface area contributed by atoms with E-state index < -0.39 is 5.97 Å². The van der Waals surface area contributed by atoms with Crippen LogP contribution in [0.15, 0.2) is 55.0 Å². The third kappa shape index (κ3) is 3.37. The van der Waals surface area contributed by atoms with Crippen LogP contribution in [0.1, 0.15) is 21.7 Å². The minimum absolute atomic E-state index is 0.241. The molecule has 0 bridgehead atoms. The number of carbonyl (C=O) groups is 1. The number of hydrogen-bond donors (Lipinski definition) is 2. The first kappa shape index (κ1) is 14.8. The van der Waals surface area contributed by atoms with Crippen molar-refractivity contribution in [1.29, 1.82) is 0 Å². The Kier molecular flexibility index (Phi) is 4.05. The van der Waals surface area contributed by atoms with Crippen molar-refractivity contribution in [2.75, 3.05) is 5.32 Å². The molecule has 6 nitrogen and oxygen atoms in total. The molecule has 3 aromatic rings. The van der Waals surface area contributed by atoms with Crippen molar-refractivity contribution in [2.45, 2.75) is 13.5 Å². The van der Waals surface area contributed by atoms with Crippen molar-refractivity contribution in [3.8, 4) is 5.69 Å². The maximum absolute atomic E-state index is 11.3. The number of hydrogen-bond acceptors (Lipinski definition) is 4. The molecule has 2 aromatic heterocycles. The van der Waals surface area contributed by atoms with Gasteiger partial charge in [-0.3, -0.25) is 0 Å². The van der Waals surface area contributed by atoms with Crippen LogP contribution in [0, 0.1) is 6.92 Å². The van der Waals surface area contributed by atoms with Gasteiger partial charge in [0.2, 0.25) is 0 Å². The number of aromatic nitrogens is 3. The molecule has 0 saturated heterocycles. The first-order valence-electron chi connectivity index (χ1n) is 7.16. The standard InChI is InChI=1S/C17H16N4O2/c1-12-5-4-8-16(20-12)18-9-13-10-21(11-19-13)15-7-3-2-6-14(15)17(22)23/h2-8,10-11H,9H2,1H3,(H,18,20)(H,22,23). The number of rotatable bonds is 5. The second-order valence-electron chi connectivity index (χ2n) is 5.11. The average Bonchev–Trinajstić information content (AvgIpc) is 3.02. The predicted molar refractivity (Wildman–Crippen MR) is 86.8 cm³/mol. The summed E-state index contributed by atoms with van der Waals surface area (Å²) < 4.78 is 1.71. The lowest BCUT2D eigenvalue weighted by atomic mass is 10.2. The van der Waals surface area contributed by atoms with Crippen LogP contribution in [0.4, 0.5) is 5.82 Å². The Morgan fingerprint density at radius 3 is 2.83 bits per heavy atom. The van der Waals surface area contributed by atoms with Gasteiger partial charge in [0, 0.05) is 11.9 Å². The van der Waals surface area contributed by atoms with Crippen molar-refractivity contribution >= 4 is 11.8 Å². The highest BCUT2D eigenvalue weighted by Gasteiger charge is 2.11. The van der Waals surface area contributed by atoms with Crippen molar-refractivity contribution in [1.82, 2.24) is 14.5 Å². The smallest absolute Gasteiger partial charge is 0.337 e. The topological polar surface area (TPSA) is 80.0 Å². The Labute approximate surface area is 133 Å². The Morgan fingerprint density at radius 2 is 2.04 bits per heavy atom. The number of benzene rings is 1. The number of para-hydroxylation sites is 1. The molecule has 0 atom stereocenters. The van der Waals surface area contributed by atoms with Gasteiger partial charge in [-0.1, -0.05) is 18.2 Å². The Hall–Kier alpha value is -3.15. The first-order valence-corrected chi connectivity index (χ1v) is 7.16. The first-order chi connectivity index (χ1) is 11.1. The molecule has 0 fully saturated rings. The molecule has 3 rings (SSSR count). The summed E-state index contributed by atoms with van der Waals surface area (Å²) in [6.45, 7) is 2.45. The molecule has 23 heavy (non-hydrogen) atoms. The summed E-state index contributed by atoms with van der Waals surface area (Å²) in [6, 6.07) is 12.6. The molecule has 0 radical (unpaired) electrons. The molecule has 0 spiro atoms. The molecule has 116 valence electrons. The second-order valence-corrected chi connectivity index (χ2v) is 5.11. The van der Waals surface area contributed by atoms with Gasteiger partial charge < -0.3 is 15.0 Å². The summed E-state index contributed by atoms with van der Waals surface area (Å²) in [7, 11) is 0. The van der Waals surface area contributed by atoms with Crippen LogP contribution in [0.2, 0.25) is 0 Å². The fourth-order valence-corrected chi connectivity index (χ4v) is 2.29. The maximum atomic E-state index is 11.3. The van der Waals surface area contributed by atoms with Gasteiger partial charge in [0.15, 0.2) is 0 Å². The van der Waals surface area contributed by atoms with Crippen LogP contribution < -0.4 is 5.32 Å². The van der Waals surface area contributed by atoms with Crippen LogP contribution in [-0.2, 0) is 6.54 Å². The Morgan fingerprint density at radius 1 is 1.22 bits per heavy atom. The molecule has 0 aliphatic carbocycles. The molecule has 0 aliphatic heterocycles. The molecule has 0 unspecified atom stereocenters. The molecular weight excluding hydrogens is 292 g/mol. The minimum atomic E-state index is -0.960. The predicted octanol–water partition coefficient (Wildman–Crippen LogP) is 2.89. The fourth-order valence-electron chi connectivity index (χ4n) is 2.29. The van der Waals surface area contributed by atoms with E-state index in [2.05, 4.69) is 15.3 Å². The van der Waals surface area contributed by atoms with Gasteiger partial charge in [-0.2, -0.15) is 0 Å². The molecule has 6 heteroatoms. The van der Waals surface area contributed by atoms with Gasteiger partial charge in [0.1, 0.15) is 5.82 Å². The maximum Gasteiger partial charge on any atom is 0.337 e. The highest BCUT2D eigenvalue weighted by molar-refractivity contribution is 5.91. The number of anilines is 1.